The molecule has 31 heavy (non-hydrogen) atoms. The Balaban J connectivity index is 1.77. The minimum absolute atomic E-state index is 0.278. The Bertz CT molecular complexity index is 1290. The summed E-state index contributed by atoms with van der Waals surface area (Å²) in [4.78, 5) is 23.2. The van der Waals surface area contributed by atoms with Crippen molar-refractivity contribution >= 4 is 39.6 Å². The second-order valence-electron chi connectivity index (χ2n) is 7.28. The van der Waals surface area contributed by atoms with E-state index in [1.54, 1.807) is 23.5 Å². The molecule has 5 nitrogen and oxygen atoms in total. The first-order chi connectivity index (χ1) is 15.0. The number of thiophene rings is 1. The number of benzene rings is 2. The summed E-state index contributed by atoms with van der Waals surface area (Å²) >= 11 is 1.68. The molecule has 4 rings (SSSR count). The summed E-state index contributed by atoms with van der Waals surface area (Å²) in [5.74, 6) is 0.564. The summed E-state index contributed by atoms with van der Waals surface area (Å²) in [6, 6.07) is 15.1. The van der Waals surface area contributed by atoms with Crippen molar-refractivity contribution in [1.29, 1.82) is 0 Å². The van der Waals surface area contributed by atoms with Crippen LogP contribution in [-0.2, 0) is 12.8 Å². The molecule has 2 aromatic carbocycles. The highest BCUT2D eigenvalue weighted by Crippen LogP contribution is 2.31. The zero-order valence-corrected chi connectivity index (χ0v) is 18.3. The van der Waals surface area contributed by atoms with Gasteiger partial charge < -0.3 is 10.4 Å². The topological polar surface area (TPSA) is 75.1 Å². The molecule has 0 bridgehead atoms. The molecule has 0 radical (unpaired) electrons. The van der Waals surface area contributed by atoms with Crippen molar-refractivity contribution < 1.29 is 9.90 Å². The van der Waals surface area contributed by atoms with E-state index < -0.39 is 5.97 Å². The largest absolute Gasteiger partial charge is 0.478 e. The molecule has 0 atom stereocenters. The second kappa shape index (κ2) is 8.70. The Hall–Kier alpha value is -3.51. The number of carboxylic acid groups (broad SMARTS) is 1. The fraction of sp³-hybridized carbons (Fsp3) is 0.160. The van der Waals surface area contributed by atoms with Crippen molar-refractivity contribution in [1.82, 2.24) is 9.97 Å². The van der Waals surface area contributed by atoms with Crippen LogP contribution in [0.2, 0.25) is 0 Å². The Morgan fingerprint density at radius 1 is 1.13 bits per heavy atom. The van der Waals surface area contributed by atoms with Crippen molar-refractivity contribution in [3.63, 3.8) is 0 Å². The minimum atomic E-state index is -0.928. The van der Waals surface area contributed by atoms with Crippen molar-refractivity contribution in [2.45, 2.75) is 26.7 Å². The number of nitrogens with zero attached hydrogens (tertiary/aromatic N) is 2. The van der Waals surface area contributed by atoms with Crippen molar-refractivity contribution in [3.8, 4) is 10.7 Å². The molecule has 2 aromatic heterocycles. The lowest BCUT2D eigenvalue weighted by Gasteiger charge is -2.15. The Kier molecular flexibility index (Phi) is 5.82. The number of carboxylic acids is 1. The zero-order chi connectivity index (χ0) is 22.0. The van der Waals surface area contributed by atoms with Gasteiger partial charge in [-0.05, 0) is 66.9 Å². The molecule has 6 heteroatoms. The first-order valence-corrected chi connectivity index (χ1v) is 10.9. The summed E-state index contributed by atoms with van der Waals surface area (Å²) in [6.45, 7) is 8.07. The van der Waals surface area contributed by atoms with Crippen LogP contribution < -0.4 is 5.32 Å². The lowest BCUT2D eigenvalue weighted by atomic mass is 10.1. The van der Waals surface area contributed by atoms with Gasteiger partial charge in [0.15, 0.2) is 5.82 Å². The van der Waals surface area contributed by atoms with E-state index in [4.69, 9.17) is 9.97 Å². The molecule has 0 unspecified atom stereocenters. The molecule has 0 saturated heterocycles. The summed E-state index contributed by atoms with van der Waals surface area (Å²) in [5.41, 5.74) is 3.21. The SMILES string of the molecule is C=CCc1c(CC)nc(-c2ccc(C)s2)nc1Nc1ccc2cc(C(=O)O)ccc2c1. The minimum Gasteiger partial charge on any atom is -0.478 e. The van der Waals surface area contributed by atoms with E-state index in [9.17, 15) is 9.90 Å². The highest BCUT2D eigenvalue weighted by Gasteiger charge is 2.15. The van der Waals surface area contributed by atoms with Crippen LogP contribution in [0.15, 0.2) is 61.2 Å². The van der Waals surface area contributed by atoms with Gasteiger partial charge in [0.25, 0.3) is 0 Å². The standard InChI is InChI=1S/C25H23N3O2S/c1-4-6-20-21(5-2)27-24(22-12-7-15(3)31-22)28-23(20)26-19-11-10-16-13-18(25(29)30)9-8-17(16)14-19/h4,7-14H,1,5-6H2,2-3H3,(H,29,30)(H,26,27,28). The molecule has 0 spiro atoms. The maximum atomic E-state index is 11.2. The predicted molar refractivity (Wildman–Crippen MR) is 128 cm³/mol. The quantitative estimate of drug-likeness (QED) is 0.333. The molecule has 0 aliphatic heterocycles. The molecule has 0 aliphatic rings. The molecule has 0 saturated carbocycles. The highest BCUT2D eigenvalue weighted by atomic mass is 32.1. The number of nitrogens with one attached hydrogen (secondary N) is 1. The first-order valence-electron chi connectivity index (χ1n) is 10.1. The molecule has 156 valence electrons. The summed E-state index contributed by atoms with van der Waals surface area (Å²) in [5, 5.41) is 14.5. The van der Waals surface area contributed by atoms with E-state index in [0.29, 0.717) is 6.42 Å². The van der Waals surface area contributed by atoms with Crippen LogP contribution in [0.3, 0.4) is 0 Å². The van der Waals surface area contributed by atoms with Gasteiger partial charge in [-0.3, -0.25) is 0 Å². The molecular formula is C25H23N3O2S. The third-order valence-electron chi connectivity index (χ3n) is 5.09. The van der Waals surface area contributed by atoms with Crippen molar-refractivity contribution in [2.24, 2.45) is 0 Å². The van der Waals surface area contributed by atoms with Crippen LogP contribution in [0.5, 0.6) is 0 Å². The van der Waals surface area contributed by atoms with Crippen LogP contribution in [-0.4, -0.2) is 21.0 Å². The fourth-order valence-corrected chi connectivity index (χ4v) is 4.34. The molecule has 0 aliphatic carbocycles. The normalized spacial score (nSPS) is 10.9. The van der Waals surface area contributed by atoms with Crippen LogP contribution in [0.1, 0.15) is 33.4 Å². The number of carbonyl (C=O) groups is 1. The summed E-state index contributed by atoms with van der Waals surface area (Å²) in [6.07, 6.45) is 3.34. The van der Waals surface area contributed by atoms with Crippen molar-refractivity contribution in [3.05, 3.63) is 82.9 Å². The van der Waals surface area contributed by atoms with Crippen LogP contribution in [0.25, 0.3) is 21.5 Å². The zero-order valence-electron chi connectivity index (χ0n) is 17.5. The van der Waals surface area contributed by atoms with E-state index in [-0.39, 0.29) is 5.56 Å². The maximum absolute atomic E-state index is 11.2. The molecule has 0 fully saturated rings. The fourth-order valence-electron chi connectivity index (χ4n) is 3.54. The van der Waals surface area contributed by atoms with Crippen LogP contribution in [0, 0.1) is 6.92 Å². The number of hydrogen-bond acceptors (Lipinski definition) is 5. The van der Waals surface area contributed by atoms with Crippen LogP contribution in [0.4, 0.5) is 11.5 Å². The molecule has 0 amide bonds. The van der Waals surface area contributed by atoms with Gasteiger partial charge >= 0.3 is 5.97 Å². The van der Waals surface area contributed by atoms with Gasteiger partial charge in [0.05, 0.1) is 10.4 Å². The summed E-state index contributed by atoms with van der Waals surface area (Å²) < 4.78 is 0. The van der Waals surface area contributed by atoms with Gasteiger partial charge in [0, 0.05) is 21.8 Å². The number of hydrogen-bond donors (Lipinski definition) is 2. The number of allylic oxidation sites excluding steroid dienone is 1. The summed E-state index contributed by atoms with van der Waals surface area (Å²) in [7, 11) is 0. The Morgan fingerprint density at radius 2 is 1.90 bits per heavy atom. The van der Waals surface area contributed by atoms with Gasteiger partial charge in [-0.2, -0.15) is 0 Å². The number of aromatic nitrogens is 2. The maximum Gasteiger partial charge on any atom is 0.335 e. The number of aryl methyl sites for hydroxylation is 2. The molecule has 2 heterocycles. The van der Waals surface area contributed by atoms with E-state index >= 15 is 0 Å². The molecule has 4 aromatic rings. The predicted octanol–water partition coefficient (Wildman–Crippen LogP) is 6.40. The van der Waals surface area contributed by atoms with Gasteiger partial charge in [-0.1, -0.05) is 25.1 Å². The van der Waals surface area contributed by atoms with E-state index in [0.717, 1.165) is 50.7 Å². The van der Waals surface area contributed by atoms with Crippen LogP contribution >= 0.6 is 11.3 Å². The monoisotopic (exact) mass is 429 g/mol. The highest BCUT2D eigenvalue weighted by molar-refractivity contribution is 7.15. The smallest absolute Gasteiger partial charge is 0.335 e. The molecule has 2 N–H and O–H groups in total. The van der Waals surface area contributed by atoms with Gasteiger partial charge in [0.2, 0.25) is 0 Å². The lowest BCUT2D eigenvalue weighted by molar-refractivity contribution is 0.0697. The van der Waals surface area contributed by atoms with Gasteiger partial charge in [0.1, 0.15) is 5.82 Å². The van der Waals surface area contributed by atoms with E-state index in [1.165, 1.54) is 4.88 Å². The average molecular weight is 430 g/mol. The van der Waals surface area contributed by atoms with Gasteiger partial charge in [-0.15, -0.1) is 17.9 Å². The van der Waals surface area contributed by atoms with Crippen molar-refractivity contribution in [2.75, 3.05) is 5.32 Å². The van der Waals surface area contributed by atoms with Gasteiger partial charge in [-0.25, -0.2) is 14.8 Å². The Labute approximate surface area is 185 Å². The third-order valence-corrected chi connectivity index (χ3v) is 6.08. The lowest BCUT2D eigenvalue weighted by Crippen LogP contribution is -2.07. The number of rotatable bonds is 7. The first kappa shape index (κ1) is 20.8. The third kappa shape index (κ3) is 4.34. The second-order valence-corrected chi connectivity index (χ2v) is 8.57. The molecular weight excluding hydrogens is 406 g/mol. The average Bonchev–Trinajstić information content (AvgIpc) is 3.20. The van der Waals surface area contributed by atoms with E-state index in [2.05, 4.69) is 37.9 Å². The number of anilines is 2. The number of aromatic carboxylic acids is 1. The Morgan fingerprint density at radius 3 is 2.58 bits per heavy atom. The number of fused-ring (bicyclic) bond motifs is 1. The van der Waals surface area contributed by atoms with E-state index in [1.807, 2.05) is 30.3 Å².